The molecule has 1 rings (SSSR count). The van der Waals surface area contributed by atoms with Gasteiger partial charge < -0.3 is 4.74 Å². The summed E-state index contributed by atoms with van der Waals surface area (Å²) in [5.74, 6) is -0.134. The number of ketones is 1. The number of halogens is 3. The molecule has 0 atom stereocenters. The monoisotopic (exact) mass is 302 g/mol. The maximum Gasteiger partial charge on any atom is 0.416 e. The molecule has 0 fully saturated rings. The lowest BCUT2D eigenvalue weighted by atomic mass is 10.0. The molecule has 0 saturated heterocycles. The van der Waals surface area contributed by atoms with Gasteiger partial charge in [-0.25, -0.2) is 0 Å². The molecule has 1 aromatic rings. The number of carbonyl (C=O) groups excluding carboxylic acids is 1. The number of hydrogen-bond donors (Lipinski definition) is 0. The van der Waals surface area contributed by atoms with E-state index in [1.54, 1.807) is 0 Å². The van der Waals surface area contributed by atoms with Crippen molar-refractivity contribution in [2.24, 2.45) is 0 Å². The highest BCUT2D eigenvalue weighted by atomic mass is 19.4. The van der Waals surface area contributed by atoms with Gasteiger partial charge >= 0.3 is 6.18 Å². The number of alkyl halides is 3. The Morgan fingerprint density at radius 2 is 1.71 bits per heavy atom. The molecule has 0 unspecified atom stereocenters. The number of hydrogen-bond acceptors (Lipinski definition) is 2. The van der Waals surface area contributed by atoms with Crippen molar-refractivity contribution in [3.05, 3.63) is 48.6 Å². The second-order valence-electron chi connectivity index (χ2n) is 4.15. The highest BCUT2D eigenvalue weighted by Crippen LogP contribution is 2.29. The van der Waals surface area contributed by atoms with Crippen molar-refractivity contribution in [3.8, 4) is 0 Å². The van der Waals surface area contributed by atoms with Crippen LogP contribution in [0.3, 0.4) is 0 Å². The Balaban J connectivity index is 0.00000191. The molecule has 0 aliphatic heterocycles. The first-order valence-electron chi connectivity index (χ1n) is 6.73. The van der Waals surface area contributed by atoms with E-state index in [0.717, 1.165) is 18.6 Å². The van der Waals surface area contributed by atoms with Gasteiger partial charge in [0.25, 0.3) is 0 Å². The van der Waals surface area contributed by atoms with E-state index < -0.39 is 11.7 Å². The largest absolute Gasteiger partial charge is 0.416 e. The van der Waals surface area contributed by atoms with Crippen molar-refractivity contribution in [2.45, 2.75) is 32.4 Å². The van der Waals surface area contributed by atoms with Gasteiger partial charge in [-0.15, -0.1) is 13.2 Å². The number of ether oxygens (including phenoxy) is 1. The van der Waals surface area contributed by atoms with Gasteiger partial charge in [-0.05, 0) is 31.9 Å². The number of rotatable bonds is 7. The topological polar surface area (TPSA) is 26.3 Å². The smallest absolute Gasteiger partial charge is 0.382 e. The summed E-state index contributed by atoms with van der Waals surface area (Å²) < 4.78 is 42.2. The van der Waals surface area contributed by atoms with Gasteiger partial charge in [-0.2, -0.15) is 13.2 Å². The van der Waals surface area contributed by atoms with E-state index in [-0.39, 0.29) is 5.78 Å². The quantitative estimate of drug-likeness (QED) is 0.407. The third-order valence-corrected chi connectivity index (χ3v) is 2.68. The summed E-state index contributed by atoms with van der Waals surface area (Å²) in [7, 11) is 0. The van der Waals surface area contributed by atoms with Gasteiger partial charge in [0.15, 0.2) is 5.78 Å². The van der Waals surface area contributed by atoms with Crippen LogP contribution in [0, 0.1) is 0 Å². The summed E-state index contributed by atoms with van der Waals surface area (Å²) in [4.78, 5) is 11.7. The first-order chi connectivity index (χ1) is 9.95. The van der Waals surface area contributed by atoms with Gasteiger partial charge in [0.1, 0.15) is 0 Å². The minimum atomic E-state index is -4.36. The molecule has 118 valence electrons. The molecule has 0 aliphatic carbocycles. The van der Waals surface area contributed by atoms with Gasteiger partial charge in [-0.1, -0.05) is 12.1 Å². The third-order valence-electron chi connectivity index (χ3n) is 2.68. The SMILES string of the molecule is C=C.CCOCCCCC(=O)c1ccc(C(F)(F)F)cc1. The second kappa shape index (κ2) is 10.2. The molecule has 0 amide bonds. The molecule has 0 aliphatic rings. The van der Waals surface area contributed by atoms with Crippen LogP contribution in [0.5, 0.6) is 0 Å². The lowest BCUT2D eigenvalue weighted by Gasteiger charge is -2.07. The highest BCUT2D eigenvalue weighted by Gasteiger charge is 2.30. The van der Waals surface area contributed by atoms with Gasteiger partial charge in [0.05, 0.1) is 5.56 Å². The molecule has 0 spiro atoms. The maximum absolute atomic E-state index is 12.3. The van der Waals surface area contributed by atoms with Crippen molar-refractivity contribution in [1.29, 1.82) is 0 Å². The van der Waals surface area contributed by atoms with E-state index in [0.29, 0.717) is 31.6 Å². The fraction of sp³-hybridized carbons (Fsp3) is 0.438. The summed E-state index contributed by atoms with van der Waals surface area (Å²) in [5.41, 5.74) is -0.412. The highest BCUT2D eigenvalue weighted by molar-refractivity contribution is 5.96. The molecule has 5 heteroatoms. The zero-order valence-electron chi connectivity index (χ0n) is 12.2. The minimum Gasteiger partial charge on any atom is -0.382 e. The Kier molecular flexibility index (Phi) is 9.37. The van der Waals surface area contributed by atoms with Crippen LogP contribution in [-0.4, -0.2) is 19.0 Å². The summed E-state index contributed by atoms with van der Waals surface area (Å²) in [6.07, 6.45) is -2.57. The zero-order valence-corrected chi connectivity index (χ0v) is 12.2. The molecule has 0 radical (unpaired) electrons. The lowest BCUT2D eigenvalue weighted by molar-refractivity contribution is -0.137. The van der Waals surface area contributed by atoms with Crippen LogP contribution in [0.2, 0.25) is 0 Å². The van der Waals surface area contributed by atoms with Crippen LogP contribution in [0.1, 0.15) is 42.1 Å². The first-order valence-corrected chi connectivity index (χ1v) is 6.73. The Morgan fingerprint density at radius 1 is 1.14 bits per heavy atom. The van der Waals surface area contributed by atoms with Gasteiger partial charge in [0, 0.05) is 25.2 Å². The van der Waals surface area contributed by atoms with Crippen LogP contribution in [-0.2, 0) is 10.9 Å². The number of unbranched alkanes of at least 4 members (excludes halogenated alkanes) is 1. The molecule has 0 aromatic heterocycles. The van der Waals surface area contributed by atoms with E-state index in [4.69, 9.17) is 4.74 Å². The Labute approximate surface area is 123 Å². The van der Waals surface area contributed by atoms with Crippen LogP contribution in [0.15, 0.2) is 37.4 Å². The Bertz CT molecular complexity index is 411. The summed E-state index contributed by atoms with van der Waals surface area (Å²) >= 11 is 0. The molecular weight excluding hydrogens is 281 g/mol. The van der Waals surface area contributed by atoms with Gasteiger partial charge in [0.2, 0.25) is 0 Å². The number of carbonyl (C=O) groups is 1. The predicted molar refractivity (Wildman–Crippen MR) is 77.4 cm³/mol. The normalized spacial score (nSPS) is 10.7. The van der Waals surface area contributed by atoms with E-state index in [1.807, 2.05) is 6.92 Å². The average molecular weight is 302 g/mol. The molecular formula is C16H21F3O2. The standard InChI is InChI=1S/C14H17F3O2.C2H4/c1-2-19-10-4-3-5-13(18)11-6-8-12(9-7-11)14(15,16)17;1-2/h6-9H,2-5,10H2,1H3;1-2H2. The van der Waals surface area contributed by atoms with Crippen LogP contribution >= 0.6 is 0 Å². The Hall–Kier alpha value is -1.62. The molecule has 1 aromatic carbocycles. The van der Waals surface area contributed by atoms with Crippen molar-refractivity contribution in [3.63, 3.8) is 0 Å². The molecule has 0 heterocycles. The van der Waals surface area contributed by atoms with Crippen LogP contribution in [0.25, 0.3) is 0 Å². The maximum atomic E-state index is 12.3. The average Bonchev–Trinajstić information content (AvgIpc) is 2.48. The number of benzene rings is 1. The van der Waals surface area contributed by atoms with Crippen molar-refractivity contribution in [2.75, 3.05) is 13.2 Å². The fourth-order valence-corrected chi connectivity index (χ4v) is 1.62. The fourth-order valence-electron chi connectivity index (χ4n) is 1.62. The molecule has 21 heavy (non-hydrogen) atoms. The van der Waals surface area contributed by atoms with Crippen LogP contribution in [0.4, 0.5) is 13.2 Å². The zero-order chi connectivity index (χ0) is 16.3. The molecule has 2 nitrogen and oxygen atoms in total. The third kappa shape index (κ3) is 7.66. The lowest BCUT2D eigenvalue weighted by Crippen LogP contribution is -2.06. The summed E-state index contributed by atoms with van der Waals surface area (Å²) in [6.45, 7) is 9.15. The second-order valence-corrected chi connectivity index (χ2v) is 4.15. The van der Waals surface area contributed by atoms with E-state index in [9.17, 15) is 18.0 Å². The Morgan fingerprint density at radius 3 is 2.19 bits per heavy atom. The minimum absolute atomic E-state index is 0.134. The first kappa shape index (κ1) is 19.4. The number of Topliss-reactive ketones (excluding diaryl/α,β-unsaturated/α-hetero) is 1. The van der Waals surface area contributed by atoms with Crippen LogP contribution < -0.4 is 0 Å². The van der Waals surface area contributed by atoms with Crippen molar-refractivity contribution >= 4 is 5.78 Å². The van der Waals surface area contributed by atoms with E-state index in [1.165, 1.54) is 12.1 Å². The molecule has 0 saturated carbocycles. The molecule has 0 bridgehead atoms. The summed E-state index contributed by atoms with van der Waals surface area (Å²) in [6, 6.07) is 4.34. The van der Waals surface area contributed by atoms with Crippen molar-refractivity contribution in [1.82, 2.24) is 0 Å². The molecule has 0 N–H and O–H groups in total. The predicted octanol–water partition coefficient (Wildman–Crippen LogP) is 4.90. The van der Waals surface area contributed by atoms with E-state index in [2.05, 4.69) is 13.2 Å². The van der Waals surface area contributed by atoms with Gasteiger partial charge in [-0.3, -0.25) is 4.79 Å². The van der Waals surface area contributed by atoms with Crippen molar-refractivity contribution < 1.29 is 22.7 Å². The summed E-state index contributed by atoms with van der Waals surface area (Å²) in [5, 5.41) is 0. The van der Waals surface area contributed by atoms with E-state index >= 15 is 0 Å².